The largest absolute Gasteiger partial charge is 0.461 e. The lowest BCUT2D eigenvalue weighted by Gasteiger charge is -2.39. The van der Waals surface area contributed by atoms with Crippen LogP contribution in [0.2, 0.25) is 0 Å². The second-order valence-electron chi connectivity index (χ2n) is 6.93. The molecule has 2 aliphatic rings. The van der Waals surface area contributed by atoms with E-state index < -0.39 is 9.02 Å². The van der Waals surface area contributed by atoms with Gasteiger partial charge in [0.1, 0.15) is 9.53 Å². The van der Waals surface area contributed by atoms with Crippen LogP contribution in [0.25, 0.3) is 0 Å². The fourth-order valence-electron chi connectivity index (χ4n) is 3.78. The predicted molar refractivity (Wildman–Crippen MR) is 83.2 cm³/mol. The third kappa shape index (κ3) is 2.94. The van der Waals surface area contributed by atoms with Crippen molar-refractivity contribution >= 4 is 28.6 Å². The van der Waals surface area contributed by atoms with E-state index in [4.69, 9.17) is 4.74 Å². The van der Waals surface area contributed by atoms with Gasteiger partial charge < -0.3 is 9.84 Å². The molecule has 0 heterocycles. The van der Waals surface area contributed by atoms with E-state index in [1.165, 1.54) is 6.42 Å². The van der Waals surface area contributed by atoms with Crippen LogP contribution in [0.5, 0.6) is 0 Å². The maximum Gasteiger partial charge on any atom is 0.322 e. The van der Waals surface area contributed by atoms with Gasteiger partial charge in [-0.3, -0.25) is 4.79 Å². The zero-order valence-corrected chi connectivity index (χ0v) is 14.4. The first kappa shape index (κ1) is 15.5. The molecule has 5 unspecified atom stereocenters. The van der Waals surface area contributed by atoms with E-state index in [0.717, 1.165) is 19.3 Å². The van der Waals surface area contributed by atoms with Gasteiger partial charge in [0.25, 0.3) is 0 Å². The van der Waals surface area contributed by atoms with Crippen LogP contribution in [0.3, 0.4) is 0 Å². The Morgan fingerprint density at radius 2 is 1.89 bits per heavy atom. The molecule has 19 heavy (non-hydrogen) atoms. The molecule has 0 aromatic heterocycles. The topological polar surface area (TPSA) is 46.5 Å². The number of halogens is 1. The minimum absolute atomic E-state index is 0.0908. The number of carbonyl (C=O) groups is 1. The normalized spacial score (nSPS) is 37.2. The molecule has 3 nitrogen and oxygen atoms in total. The number of aliphatic hydroxyl groups is 1. The maximum atomic E-state index is 12.3. The van der Waals surface area contributed by atoms with Gasteiger partial charge in [0, 0.05) is 5.92 Å². The SMILES string of the molecule is CCC(C)(I)C(=O)OC1C2CCC(C2)C1C(C)(C)O. The molecule has 2 rings (SSSR count). The molecule has 0 spiro atoms. The third-order valence-electron chi connectivity index (χ3n) is 4.99. The van der Waals surface area contributed by atoms with Crippen molar-refractivity contribution in [1.82, 2.24) is 0 Å². The maximum absolute atomic E-state index is 12.3. The van der Waals surface area contributed by atoms with E-state index in [1.54, 1.807) is 0 Å². The van der Waals surface area contributed by atoms with Gasteiger partial charge in [-0.15, -0.1) is 0 Å². The molecular formula is C15H25IO3. The van der Waals surface area contributed by atoms with Gasteiger partial charge in [0.2, 0.25) is 0 Å². The summed E-state index contributed by atoms with van der Waals surface area (Å²) in [6.45, 7) is 7.62. The van der Waals surface area contributed by atoms with E-state index >= 15 is 0 Å². The molecule has 0 amide bonds. The summed E-state index contributed by atoms with van der Waals surface area (Å²) < 4.78 is 5.38. The third-order valence-corrected chi connectivity index (χ3v) is 6.19. The van der Waals surface area contributed by atoms with Crippen molar-refractivity contribution in [3.8, 4) is 0 Å². The number of fused-ring (bicyclic) bond motifs is 2. The quantitative estimate of drug-likeness (QED) is 0.463. The number of carbonyl (C=O) groups excluding carboxylic acids is 1. The predicted octanol–water partition coefficient (Wildman–Crippen LogP) is 3.32. The van der Waals surface area contributed by atoms with E-state index in [2.05, 4.69) is 22.6 Å². The van der Waals surface area contributed by atoms with Crippen molar-refractivity contribution < 1.29 is 14.6 Å². The van der Waals surface area contributed by atoms with Crippen molar-refractivity contribution in [2.75, 3.05) is 0 Å². The number of rotatable bonds is 4. The van der Waals surface area contributed by atoms with Crippen molar-refractivity contribution in [2.45, 2.75) is 68.5 Å². The highest BCUT2D eigenvalue weighted by Crippen LogP contribution is 2.53. The number of hydrogen-bond donors (Lipinski definition) is 1. The van der Waals surface area contributed by atoms with Crippen LogP contribution < -0.4 is 0 Å². The van der Waals surface area contributed by atoms with Crippen LogP contribution in [-0.2, 0) is 9.53 Å². The molecule has 2 bridgehead atoms. The van der Waals surface area contributed by atoms with Gasteiger partial charge in [-0.05, 0) is 58.3 Å². The van der Waals surface area contributed by atoms with E-state index in [-0.39, 0.29) is 18.0 Å². The Bertz CT molecular complexity index is 359. The van der Waals surface area contributed by atoms with Crippen LogP contribution in [-0.4, -0.2) is 26.2 Å². The Balaban J connectivity index is 2.13. The molecule has 0 radical (unpaired) electrons. The minimum atomic E-state index is -0.765. The van der Waals surface area contributed by atoms with Gasteiger partial charge >= 0.3 is 5.97 Å². The summed E-state index contributed by atoms with van der Waals surface area (Å²) in [5.41, 5.74) is -0.765. The molecule has 0 aromatic carbocycles. The Labute approximate surface area is 129 Å². The van der Waals surface area contributed by atoms with Crippen LogP contribution in [0.15, 0.2) is 0 Å². The van der Waals surface area contributed by atoms with Crippen LogP contribution in [0.1, 0.15) is 53.4 Å². The molecule has 1 N–H and O–H groups in total. The Hall–Kier alpha value is 0.160. The monoisotopic (exact) mass is 380 g/mol. The summed E-state index contributed by atoms with van der Waals surface area (Å²) in [4.78, 5) is 12.3. The lowest BCUT2D eigenvalue weighted by molar-refractivity contribution is -0.163. The zero-order chi connectivity index (χ0) is 14.4. The van der Waals surface area contributed by atoms with Gasteiger partial charge in [-0.25, -0.2) is 0 Å². The Morgan fingerprint density at radius 3 is 2.42 bits per heavy atom. The lowest BCUT2D eigenvalue weighted by Crippen LogP contribution is -2.46. The molecule has 2 aliphatic carbocycles. The van der Waals surface area contributed by atoms with Crippen molar-refractivity contribution in [3.63, 3.8) is 0 Å². The molecular weight excluding hydrogens is 355 g/mol. The molecule has 0 saturated heterocycles. The Morgan fingerprint density at radius 1 is 1.32 bits per heavy atom. The molecule has 0 aromatic rings. The standard InChI is InChI=1S/C15H25IO3/c1-5-15(4,16)13(17)19-12-10-7-6-9(8-10)11(12)14(2,3)18/h9-12,18H,5-8H2,1-4H3. The summed E-state index contributed by atoms with van der Waals surface area (Å²) in [5, 5.41) is 10.4. The summed E-state index contributed by atoms with van der Waals surface area (Å²) in [6, 6.07) is 0. The molecule has 4 heteroatoms. The molecule has 2 saturated carbocycles. The van der Waals surface area contributed by atoms with E-state index in [1.807, 2.05) is 27.7 Å². The van der Waals surface area contributed by atoms with Gasteiger partial charge in [-0.2, -0.15) is 0 Å². The van der Waals surface area contributed by atoms with E-state index in [9.17, 15) is 9.90 Å². The van der Waals surface area contributed by atoms with Gasteiger partial charge in [0.05, 0.1) is 5.60 Å². The number of hydrogen-bond acceptors (Lipinski definition) is 3. The average Bonchev–Trinajstić information content (AvgIpc) is 2.87. The molecule has 2 fully saturated rings. The Kier molecular flexibility index (Phi) is 4.23. The van der Waals surface area contributed by atoms with Crippen molar-refractivity contribution in [3.05, 3.63) is 0 Å². The minimum Gasteiger partial charge on any atom is -0.461 e. The van der Waals surface area contributed by atoms with Crippen LogP contribution >= 0.6 is 22.6 Å². The first-order chi connectivity index (χ1) is 8.66. The summed E-state index contributed by atoms with van der Waals surface area (Å²) in [7, 11) is 0. The van der Waals surface area contributed by atoms with Crippen molar-refractivity contribution in [1.29, 1.82) is 0 Å². The van der Waals surface area contributed by atoms with Crippen molar-refractivity contribution in [2.24, 2.45) is 17.8 Å². The number of alkyl halides is 1. The highest BCUT2D eigenvalue weighted by Gasteiger charge is 2.55. The second-order valence-corrected chi connectivity index (χ2v) is 9.31. The highest BCUT2D eigenvalue weighted by molar-refractivity contribution is 14.1. The summed E-state index contributed by atoms with van der Waals surface area (Å²) >= 11 is 2.17. The van der Waals surface area contributed by atoms with Gasteiger partial charge in [-0.1, -0.05) is 29.5 Å². The molecule has 0 aliphatic heterocycles. The van der Waals surface area contributed by atoms with Gasteiger partial charge in [0.15, 0.2) is 0 Å². The summed E-state index contributed by atoms with van der Waals surface area (Å²) in [5.74, 6) is 0.945. The van der Waals surface area contributed by atoms with Crippen LogP contribution in [0, 0.1) is 17.8 Å². The van der Waals surface area contributed by atoms with E-state index in [0.29, 0.717) is 11.8 Å². The average molecular weight is 380 g/mol. The van der Waals surface area contributed by atoms with Crippen LogP contribution in [0.4, 0.5) is 0 Å². The zero-order valence-electron chi connectivity index (χ0n) is 12.3. The first-order valence-corrected chi connectivity index (χ1v) is 8.37. The molecule has 110 valence electrons. The fourth-order valence-corrected chi connectivity index (χ4v) is 3.91. The smallest absolute Gasteiger partial charge is 0.322 e. The highest BCUT2D eigenvalue weighted by atomic mass is 127. The summed E-state index contributed by atoms with van der Waals surface area (Å²) in [6.07, 6.45) is 4.09. The fraction of sp³-hybridized carbons (Fsp3) is 0.933. The second kappa shape index (κ2) is 5.17. The molecule has 5 atom stereocenters. The number of ether oxygens (including phenoxy) is 1. The number of esters is 1. The first-order valence-electron chi connectivity index (χ1n) is 7.29. The lowest BCUT2D eigenvalue weighted by atomic mass is 9.76.